The Balaban J connectivity index is 2.30. The van der Waals surface area contributed by atoms with Crippen molar-refractivity contribution < 1.29 is 9.90 Å². The topological polar surface area (TPSA) is 49.3 Å². The minimum atomic E-state index is -0.818. The van der Waals surface area contributed by atoms with Crippen LogP contribution in [0, 0.1) is 5.92 Å². The number of benzene rings is 1. The molecule has 19 heavy (non-hydrogen) atoms. The van der Waals surface area contributed by atoms with Gasteiger partial charge in [-0.05, 0) is 36.0 Å². The Labute approximate surface area is 115 Å². The lowest BCUT2D eigenvalue weighted by molar-refractivity contribution is 0.0695. The molecule has 1 aromatic rings. The van der Waals surface area contributed by atoms with E-state index in [2.05, 4.69) is 25.2 Å². The third kappa shape index (κ3) is 2.81. The van der Waals surface area contributed by atoms with Gasteiger partial charge in [-0.25, -0.2) is 4.79 Å². The van der Waals surface area contributed by atoms with Gasteiger partial charge in [0.1, 0.15) is 0 Å². The molecule has 0 spiro atoms. The molecule has 0 amide bonds. The summed E-state index contributed by atoms with van der Waals surface area (Å²) in [6.45, 7) is 5.12. The Morgan fingerprint density at radius 2 is 2.05 bits per heavy atom. The van der Waals surface area contributed by atoms with Gasteiger partial charge in [0.2, 0.25) is 0 Å². The van der Waals surface area contributed by atoms with E-state index < -0.39 is 5.97 Å². The summed E-state index contributed by atoms with van der Waals surface area (Å²) in [7, 11) is 0. The summed E-state index contributed by atoms with van der Waals surface area (Å²) in [4.78, 5) is 11.3. The average molecular weight is 261 g/mol. The lowest BCUT2D eigenvalue weighted by Gasteiger charge is -2.24. The molecule has 1 aliphatic heterocycles. The molecule has 0 saturated carbocycles. The summed E-state index contributed by atoms with van der Waals surface area (Å²) >= 11 is 0. The Kier molecular flexibility index (Phi) is 4.59. The number of carboxylic acid groups (broad SMARTS) is 1. The Morgan fingerprint density at radius 3 is 2.63 bits per heavy atom. The predicted octanol–water partition coefficient (Wildman–Crippen LogP) is 3.75. The molecule has 1 atom stereocenters. The molecule has 0 bridgehead atoms. The van der Waals surface area contributed by atoms with Crippen LogP contribution >= 0.6 is 0 Å². The van der Waals surface area contributed by atoms with Gasteiger partial charge < -0.3 is 10.4 Å². The molecular weight excluding hydrogens is 238 g/mol. The summed E-state index contributed by atoms with van der Waals surface area (Å²) < 4.78 is 0. The summed E-state index contributed by atoms with van der Waals surface area (Å²) in [5, 5.41) is 12.8. The van der Waals surface area contributed by atoms with E-state index in [4.69, 9.17) is 0 Å². The van der Waals surface area contributed by atoms with Crippen LogP contribution in [0.25, 0.3) is 0 Å². The predicted molar refractivity (Wildman–Crippen MR) is 76.3 cm³/mol. The number of carboxylic acids is 1. The largest absolute Gasteiger partial charge is 0.478 e. The first-order valence-corrected chi connectivity index (χ1v) is 7.27. The van der Waals surface area contributed by atoms with Crippen LogP contribution < -0.4 is 5.32 Å². The third-order valence-corrected chi connectivity index (χ3v) is 4.07. The van der Waals surface area contributed by atoms with E-state index in [0.717, 1.165) is 5.56 Å². The van der Waals surface area contributed by atoms with Crippen molar-refractivity contribution in [3.8, 4) is 0 Å². The maximum atomic E-state index is 11.3. The lowest BCUT2D eigenvalue weighted by Crippen LogP contribution is -2.22. The molecule has 0 aliphatic carbocycles. The van der Waals surface area contributed by atoms with Gasteiger partial charge in [0.25, 0.3) is 0 Å². The van der Waals surface area contributed by atoms with Crippen molar-refractivity contribution in [2.24, 2.45) is 5.92 Å². The van der Waals surface area contributed by atoms with E-state index in [1.165, 1.54) is 31.2 Å². The first-order valence-electron chi connectivity index (χ1n) is 7.27. The Morgan fingerprint density at radius 1 is 1.37 bits per heavy atom. The van der Waals surface area contributed by atoms with Gasteiger partial charge in [-0.15, -0.1) is 0 Å². The lowest BCUT2D eigenvalue weighted by atomic mass is 9.86. The van der Waals surface area contributed by atoms with Crippen molar-refractivity contribution >= 4 is 5.97 Å². The van der Waals surface area contributed by atoms with Crippen molar-refractivity contribution in [3.05, 3.63) is 34.9 Å². The van der Waals surface area contributed by atoms with Crippen molar-refractivity contribution in [1.29, 1.82) is 0 Å². The highest BCUT2D eigenvalue weighted by molar-refractivity contribution is 5.90. The smallest absolute Gasteiger partial charge is 0.336 e. The van der Waals surface area contributed by atoms with E-state index in [1.54, 1.807) is 6.07 Å². The van der Waals surface area contributed by atoms with Gasteiger partial charge >= 0.3 is 5.97 Å². The first kappa shape index (κ1) is 14.1. The van der Waals surface area contributed by atoms with E-state index >= 15 is 0 Å². The van der Waals surface area contributed by atoms with Gasteiger partial charge in [-0.2, -0.15) is 0 Å². The van der Waals surface area contributed by atoms with Crippen molar-refractivity contribution in [2.45, 2.75) is 52.1 Å². The number of aromatic carboxylic acids is 1. The maximum Gasteiger partial charge on any atom is 0.336 e. The quantitative estimate of drug-likeness (QED) is 0.820. The fraction of sp³-hybridized carbons (Fsp3) is 0.562. The van der Waals surface area contributed by atoms with Crippen LogP contribution in [0.1, 0.15) is 67.1 Å². The number of nitrogens with one attached hydrogen (secondary N) is 1. The molecule has 0 fully saturated rings. The minimum absolute atomic E-state index is 0.328. The number of fused-ring (bicyclic) bond motifs is 1. The van der Waals surface area contributed by atoms with E-state index in [1.807, 2.05) is 6.07 Å². The molecule has 1 heterocycles. The van der Waals surface area contributed by atoms with Crippen LogP contribution in [-0.4, -0.2) is 11.1 Å². The minimum Gasteiger partial charge on any atom is -0.478 e. The molecule has 1 unspecified atom stereocenters. The fourth-order valence-electron chi connectivity index (χ4n) is 3.26. The third-order valence-electron chi connectivity index (χ3n) is 4.07. The zero-order valence-corrected chi connectivity index (χ0v) is 11.8. The molecule has 2 rings (SSSR count). The van der Waals surface area contributed by atoms with Crippen LogP contribution in [0.4, 0.5) is 0 Å². The standard InChI is InChI=1S/C16H23NO2/c1-3-6-11(7-4-2)15-12-8-5-9-13(16(18)19)14(12)10-17-15/h5,8-9,11,15,17H,3-4,6-7,10H2,1-2H3,(H,18,19). The molecule has 2 N–H and O–H groups in total. The molecular formula is C16H23NO2. The van der Waals surface area contributed by atoms with Crippen molar-refractivity contribution in [2.75, 3.05) is 0 Å². The van der Waals surface area contributed by atoms with Crippen LogP contribution in [-0.2, 0) is 6.54 Å². The summed E-state index contributed by atoms with van der Waals surface area (Å²) in [6, 6.07) is 6.00. The van der Waals surface area contributed by atoms with E-state index in [-0.39, 0.29) is 0 Å². The summed E-state index contributed by atoms with van der Waals surface area (Å²) in [5.74, 6) is -0.206. The molecule has 104 valence electrons. The van der Waals surface area contributed by atoms with Crippen molar-refractivity contribution in [3.63, 3.8) is 0 Å². The number of hydrogen-bond acceptors (Lipinski definition) is 2. The van der Waals surface area contributed by atoms with Gasteiger partial charge in [-0.3, -0.25) is 0 Å². The Bertz CT molecular complexity index is 450. The molecule has 0 radical (unpaired) electrons. The summed E-state index contributed by atoms with van der Waals surface area (Å²) in [5.41, 5.74) is 2.64. The molecule has 3 nitrogen and oxygen atoms in total. The molecule has 1 aromatic carbocycles. The van der Waals surface area contributed by atoms with Gasteiger partial charge in [0.05, 0.1) is 5.56 Å². The first-order chi connectivity index (χ1) is 9.19. The van der Waals surface area contributed by atoms with Crippen LogP contribution in [0.15, 0.2) is 18.2 Å². The highest BCUT2D eigenvalue weighted by Gasteiger charge is 2.30. The fourth-order valence-corrected chi connectivity index (χ4v) is 3.26. The zero-order chi connectivity index (χ0) is 13.8. The highest BCUT2D eigenvalue weighted by atomic mass is 16.4. The molecule has 0 aromatic heterocycles. The second-order valence-corrected chi connectivity index (χ2v) is 5.37. The molecule has 0 saturated heterocycles. The van der Waals surface area contributed by atoms with Crippen molar-refractivity contribution in [1.82, 2.24) is 5.32 Å². The van der Waals surface area contributed by atoms with Crippen LogP contribution in [0.3, 0.4) is 0 Å². The second kappa shape index (κ2) is 6.20. The van der Waals surface area contributed by atoms with Crippen LogP contribution in [0.5, 0.6) is 0 Å². The Hall–Kier alpha value is -1.35. The SMILES string of the molecule is CCCC(CCC)C1NCc2c(C(=O)O)cccc21. The molecule has 1 aliphatic rings. The number of hydrogen-bond donors (Lipinski definition) is 2. The van der Waals surface area contributed by atoms with Crippen LogP contribution in [0.2, 0.25) is 0 Å². The maximum absolute atomic E-state index is 11.3. The van der Waals surface area contributed by atoms with Gasteiger partial charge in [-0.1, -0.05) is 38.8 Å². The average Bonchev–Trinajstić information content (AvgIpc) is 2.81. The van der Waals surface area contributed by atoms with Gasteiger partial charge in [0, 0.05) is 12.6 Å². The normalized spacial score (nSPS) is 17.7. The van der Waals surface area contributed by atoms with E-state index in [0.29, 0.717) is 24.1 Å². The van der Waals surface area contributed by atoms with Gasteiger partial charge in [0.15, 0.2) is 0 Å². The number of rotatable bonds is 6. The monoisotopic (exact) mass is 261 g/mol. The summed E-state index contributed by atoms with van der Waals surface area (Å²) in [6.07, 6.45) is 4.75. The number of carbonyl (C=O) groups is 1. The second-order valence-electron chi connectivity index (χ2n) is 5.37. The van der Waals surface area contributed by atoms with E-state index in [9.17, 15) is 9.90 Å². The molecule has 3 heteroatoms. The highest BCUT2D eigenvalue weighted by Crippen LogP contribution is 2.37. The zero-order valence-electron chi connectivity index (χ0n) is 11.8.